The lowest BCUT2D eigenvalue weighted by Gasteiger charge is -2.13. The zero-order valence-electron chi connectivity index (χ0n) is 12.2. The zero-order valence-corrected chi connectivity index (χ0v) is 12.2. The molecule has 0 bridgehead atoms. The average molecular weight is 264 g/mol. The van der Waals surface area contributed by atoms with Crippen LogP contribution in [0.1, 0.15) is 24.0 Å². The monoisotopic (exact) mass is 264 g/mol. The number of hydrogen-bond acceptors (Lipinski definition) is 2. The van der Waals surface area contributed by atoms with Gasteiger partial charge in [-0.25, -0.2) is 0 Å². The van der Waals surface area contributed by atoms with E-state index in [4.69, 9.17) is 9.47 Å². The number of quaternary nitrogens is 1. The van der Waals surface area contributed by atoms with Gasteiger partial charge in [-0.05, 0) is 25.0 Å². The quantitative estimate of drug-likeness (QED) is 0.752. The predicted molar refractivity (Wildman–Crippen MR) is 77.0 cm³/mol. The molecule has 1 N–H and O–H groups in total. The predicted octanol–water partition coefficient (Wildman–Crippen LogP) is 1.38. The lowest BCUT2D eigenvalue weighted by molar-refractivity contribution is -0.887. The van der Waals surface area contributed by atoms with Gasteiger partial charge in [0.2, 0.25) is 0 Å². The molecule has 0 spiro atoms. The Morgan fingerprint density at radius 1 is 1.00 bits per heavy atom. The standard InChI is InChI=1S/C16H25NO2/c1-14-6-5-7-15(2)16(14)19-13-12-18-11-10-17-8-3-4-9-17/h5-7H,3-4,8-13H2,1-2H3/p+1. The van der Waals surface area contributed by atoms with Gasteiger partial charge >= 0.3 is 0 Å². The number of aryl methyl sites for hydroxylation is 2. The summed E-state index contributed by atoms with van der Waals surface area (Å²) in [5.74, 6) is 1.01. The summed E-state index contributed by atoms with van der Waals surface area (Å²) >= 11 is 0. The maximum absolute atomic E-state index is 5.81. The molecule has 106 valence electrons. The summed E-state index contributed by atoms with van der Waals surface area (Å²) in [6.45, 7) is 10.1. The van der Waals surface area contributed by atoms with Crippen LogP contribution in [0.5, 0.6) is 5.75 Å². The van der Waals surface area contributed by atoms with Crippen LogP contribution in [0.3, 0.4) is 0 Å². The maximum atomic E-state index is 5.81. The van der Waals surface area contributed by atoms with Gasteiger partial charge in [0.25, 0.3) is 0 Å². The first kappa shape index (κ1) is 14.4. The normalized spacial score (nSPS) is 15.9. The minimum absolute atomic E-state index is 0.640. The van der Waals surface area contributed by atoms with Crippen LogP contribution in [-0.4, -0.2) is 39.5 Å². The van der Waals surface area contributed by atoms with Crippen molar-refractivity contribution in [3.63, 3.8) is 0 Å². The molecular formula is C16H26NO2+. The molecule has 1 saturated heterocycles. The molecule has 3 nitrogen and oxygen atoms in total. The number of benzene rings is 1. The van der Waals surface area contributed by atoms with Crippen molar-refractivity contribution >= 4 is 0 Å². The zero-order chi connectivity index (χ0) is 13.5. The number of para-hydroxylation sites is 1. The van der Waals surface area contributed by atoms with E-state index < -0.39 is 0 Å². The van der Waals surface area contributed by atoms with Gasteiger partial charge in [-0.3, -0.25) is 0 Å². The number of hydrogen-bond donors (Lipinski definition) is 1. The Kier molecular flexibility index (Phi) is 5.67. The van der Waals surface area contributed by atoms with Crippen molar-refractivity contribution in [2.45, 2.75) is 26.7 Å². The molecular weight excluding hydrogens is 238 g/mol. The highest BCUT2D eigenvalue weighted by molar-refractivity contribution is 5.39. The molecule has 1 heterocycles. The Bertz CT molecular complexity index is 366. The summed E-state index contributed by atoms with van der Waals surface area (Å²) in [4.78, 5) is 1.69. The number of ether oxygens (including phenoxy) is 2. The van der Waals surface area contributed by atoms with Crippen LogP contribution in [0.2, 0.25) is 0 Å². The van der Waals surface area contributed by atoms with E-state index in [1.807, 2.05) is 0 Å². The van der Waals surface area contributed by atoms with Gasteiger partial charge in [-0.2, -0.15) is 0 Å². The molecule has 1 aromatic rings. The van der Waals surface area contributed by atoms with Crippen molar-refractivity contribution in [2.75, 3.05) is 39.5 Å². The largest absolute Gasteiger partial charge is 0.491 e. The number of rotatable bonds is 7. The van der Waals surface area contributed by atoms with Gasteiger partial charge in [0.15, 0.2) is 0 Å². The summed E-state index contributed by atoms with van der Waals surface area (Å²) in [6.07, 6.45) is 2.76. The van der Waals surface area contributed by atoms with Crippen LogP contribution in [0.4, 0.5) is 0 Å². The van der Waals surface area contributed by atoms with Crippen molar-refractivity contribution in [3.8, 4) is 5.75 Å². The highest BCUT2D eigenvalue weighted by atomic mass is 16.5. The molecule has 0 unspecified atom stereocenters. The molecule has 1 fully saturated rings. The molecule has 0 saturated carbocycles. The fourth-order valence-corrected chi connectivity index (χ4v) is 2.67. The Labute approximate surface area is 116 Å². The fourth-order valence-electron chi connectivity index (χ4n) is 2.67. The molecule has 0 amide bonds. The molecule has 19 heavy (non-hydrogen) atoms. The van der Waals surface area contributed by atoms with E-state index in [9.17, 15) is 0 Å². The van der Waals surface area contributed by atoms with Crippen molar-refractivity contribution < 1.29 is 14.4 Å². The van der Waals surface area contributed by atoms with E-state index in [1.54, 1.807) is 4.90 Å². The summed E-state index contributed by atoms with van der Waals surface area (Å²) in [7, 11) is 0. The average Bonchev–Trinajstić information content (AvgIpc) is 2.89. The Morgan fingerprint density at radius 2 is 1.68 bits per heavy atom. The molecule has 3 heteroatoms. The summed E-state index contributed by atoms with van der Waals surface area (Å²) in [5, 5.41) is 0. The summed E-state index contributed by atoms with van der Waals surface area (Å²) in [6, 6.07) is 6.23. The molecule has 0 aromatic heterocycles. The van der Waals surface area contributed by atoms with Crippen LogP contribution in [0, 0.1) is 13.8 Å². The van der Waals surface area contributed by atoms with Crippen molar-refractivity contribution in [2.24, 2.45) is 0 Å². The van der Waals surface area contributed by atoms with Crippen LogP contribution >= 0.6 is 0 Å². The summed E-state index contributed by atoms with van der Waals surface area (Å²) < 4.78 is 11.5. The van der Waals surface area contributed by atoms with Gasteiger partial charge < -0.3 is 14.4 Å². The molecule has 1 aliphatic rings. The molecule has 1 aliphatic heterocycles. The maximum Gasteiger partial charge on any atom is 0.125 e. The van der Waals surface area contributed by atoms with Crippen LogP contribution < -0.4 is 9.64 Å². The SMILES string of the molecule is Cc1cccc(C)c1OCCOCC[NH+]1CCCC1. The van der Waals surface area contributed by atoms with E-state index in [0.717, 1.165) is 18.9 Å². The molecule has 0 radical (unpaired) electrons. The van der Waals surface area contributed by atoms with Crippen LogP contribution in [-0.2, 0) is 4.74 Å². The third-order valence-corrected chi connectivity index (χ3v) is 3.79. The first-order chi connectivity index (χ1) is 9.27. The van der Waals surface area contributed by atoms with Gasteiger partial charge in [-0.15, -0.1) is 0 Å². The number of nitrogens with one attached hydrogen (secondary N) is 1. The first-order valence-electron chi connectivity index (χ1n) is 7.37. The molecule has 0 atom stereocenters. The highest BCUT2D eigenvalue weighted by Gasteiger charge is 2.14. The van der Waals surface area contributed by atoms with E-state index in [1.165, 1.54) is 37.1 Å². The first-order valence-corrected chi connectivity index (χ1v) is 7.37. The second-order valence-corrected chi connectivity index (χ2v) is 5.39. The molecule has 0 aliphatic carbocycles. The Hall–Kier alpha value is -1.06. The van der Waals surface area contributed by atoms with Gasteiger partial charge in [0.1, 0.15) is 18.9 Å². The molecule has 1 aromatic carbocycles. The Morgan fingerprint density at radius 3 is 2.37 bits per heavy atom. The lowest BCUT2D eigenvalue weighted by atomic mass is 10.1. The van der Waals surface area contributed by atoms with Crippen molar-refractivity contribution in [1.29, 1.82) is 0 Å². The lowest BCUT2D eigenvalue weighted by Crippen LogP contribution is -3.10. The van der Waals surface area contributed by atoms with E-state index in [-0.39, 0.29) is 0 Å². The second kappa shape index (κ2) is 7.51. The third kappa shape index (κ3) is 4.51. The third-order valence-electron chi connectivity index (χ3n) is 3.79. The highest BCUT2D eigenvalue weighted by Crippen LogP contribution is 2.21. The minimum atomic E-state index is 0.640. The molecule has 2 rings (SSSR count). The van der Waals surface area contributed by atoms with Crippen molar-refractivity contribution in [1.82, 2.24) is 0 Å². The van der Waals surface area contributed by atoms with Gasteiger partial charge in [0.05, 0.1) is 26.3 Å². The summed E-state index contributed by atoms with van der Waals surface area (Å²) in [5.41, 5.74) is 2.39. The Balaban J connectivity index is 1.58. The smallest absolute Gasteiger partial charge is 0.125 e. The van der Waals surface area contributed by atoms with Crippen molar-refractivity contribution in [3.05, 3.63) is 29.3 Å². The number of likely N-dealkylation sites (tertiary alicyclic amines) is 1. The van der Waals surface area contributed by atoms with Gasteiger partial charge in [0, 0.05) is 12.8 Å². The van der Waals surface area contributed by atoms with E-state index in [2.05, 4.69) is 32.0 Å². The van der Waals surface area contributed by atoms with E-state index >= 15 is 0 Å². The van der Waals surface area contributed by atoms with Gasteiger partial charge in [-0.1, -0.05) is 18.2 Å². The van der Waals surface area contributed by atoms with Crippen LogP contribution in [0.25, 0.3) is 0 Å². The fraction of sp³-hybridized carbons (Fsp3) is 0.625. The minimum Gasteiger partial charge on any atom is -0.491 e. The van der Waals surface area contributed by atoms with Crippen LogP contribution in [0.15, 0.2) is 18.2 Å². The second-order valence-electron chi connectivity index (χ2n) is 5.39. The van der Waals surface area contributed by atoms with E-state index in [0.29, 0.717) is 13.2 Å². The topological polar surface area (TPSA) is 22.9 Å².